The SMILES string of the molecule is C=C/C(Cl)=C(\C)N=C(NN)N(C)C(C)F. The van der Waals surface area contributed by atoms with Crippen molar-refractivity contribution in [1.29, 1.82) is 0 Å². The van der Waals surface area contributed by atoms with Gasteiger partial charge in [-0.2, -0.15) is 0 Å². The number of nitrogens with one attached hydrogen (secondary N) is 1. The maximum Gasteiger partial charge on any atom is 0.215 e. The van der Waals surface area contributed by atoms with Gasteiger partial charge in [-0.05, 0) is 19.9 Å². The summed E-state index contributed by atoms with van der Waals surface area (Å²) in [4.78, 5) is 5.28. The summed E-state index contributed by atoms with van der Waals surface area (Å²) in [6, 6.07) is 0. The number of guanidine groups is 1. The third kappa shape index (κ3) is 4.31. The van der Waals surface area contributed by atoms with Crippen molar-refractivity contribution in [3.05, 3.63) is 23.4 Å². The van der Waals surface area contributed by atoms with Gasteiger partial charge in [0.1, 0.15) is 0 Å². The van der Waals surface area contributed by atoms with Gasteiger partial charge >= 0.3 is 0 Å². The molecule has 15 heavy (non-hydrogen) atoms. The maximum atomic E-state index is 12.9. The molecule has 0 spiro atoms. The zero-order valence-electron chi connectivity index (χ0n) is 9.09. The fraction of sp³-hybridized carbons (Fsp3) is 0.444. The van der Waals surface area contributed by atoms with E-state index in [1.165, 1.54) is 24.9 Å². The van der Waals surface area contributed by atoms with E-state index in [1.54, 1.807) is 6.92 Å². The fourth-order valence-electron chi connectivity index (χ4n) is 0.741. The van der Waals surface area contributed by atoms with Crippen LogP contribution in [0.25, 0.3) is 0 Å². The third-order valence-electron chi connectivity index (χ3n) is 1.80. The summed E-state index contributed by atoms with van der Waals surface area (Å²) in [5.74, 6) is 5.42. The highest BCUT2D eigenvalue weighted by molar-refractivity contribution is 6.31. The van der Waals surface area contributed by atoms with Crippen LogP contribution in [0.3, 0.4) is 0 Å². The molecular weight excluding hydrogens is 219 g/mol. The van der Waals surface area contributed by atoms with Crippen molar-refractivity contribution in [3.63, 3.8) is 0 Å². The molecule has 0 aliphatic carbocycles. The second-order valence-corrected chi connectivity index (χ2v) is 3.31. The fourth-order valence-corrected chi connectivity index (χ4v) is 0.784. The smallest absolute Gasteiger partial charge is 0.215 e. The van der Waals surface area contributed by atoms with Crippen LogP contribution in [0.2, 0.25) is 0 Å². The lowest BCUT2D eigenvalue weighted by atomic mass is 10.4. The molecule has 0 radical (unpaired) electrons. The zero-order chi connectivity index (χ0) is 12.0. The van der Waals surface area contributed by atoms with E-state index in [-0.39, 0.29) is 5.96 Å². The molecule has 0 saturated heterocycles. The van der Waals surface area contributed by atoms with E-state index in [0.29, 0.717) is 10.7 Å². The number of hydrazine groups is 1. The van der Waals surface area contributed by atoms with Crippen LogP contribution in [0.15, 0.2) is 28.4 Å². The van der Waals surface area contributed by atoms with Gasteiger partial charge in [-0.3, -0.25) is 5.43 Å². The zero-order valence-corrected chi connectivity index (χ0v) is 9.85. The Labute approximate surface area is 94.3 Å². The molecule has 0 aliphatic heterocycles. The molecular formula is C9H16ClFN4. The molecule has 1 unspecified atom stereocenters. The summed E-state index contributed by atoms with van der Waals surface area (Å²) in [6.45, 7) is 6.55. The molecule has 0 saturated carbocycles. The van der Waals surface area contributed by atoms with Crippen molar-refractivity contribution in [2.75, 3.05) is 7.05 Å². The van der Waals surface area contributed by atoms with Gasteiger partial charge in [-0.15, -0.1) is 0 Å². The topological polar surface area (TPSA) is 53.6 Å². The summed E-state index contributed by atoms with van der Waals surface area (Å²) < 4.78 is 12.9. The summed E-state index contributed by atoms with van der Waals surface area (Å²) in [6.07, 6.45) is 0.253. The lowest BCUT2D eigenvalue weighted by molar-refractivity contribution is 0.197. The van der Waals surface area contributed by atoms with Gasteiger partial charge < -0.3 is 4.90 Å². The van der Waals surface area contributed by atoms with Crippen LogP contribution in [-0.2, 0) is 0 Å². The molecule has 4 nitrogen and oxygen atoms in total. The van der Waals surface area contributed by atoms with E-state index in [0.717, 1.165) is 0 Å². The molecule has 0 heterocycles. The quantitative estimate of drug-likeness (QED) is 0.195. The van der Waals surface area contributed by atoms with Gasteiger partial charge in [0.25, 0.3) is 0 Å². The van der Waals surface area contributed by atoms with Crippen LogP contribution < -0.4 is 11.3 Å². The monoisotopic (exact) mass is 234 g/mol. The summed E-state index contributed by atoms with van der Waals surface area (Å²) in [5, 5.41) is 0.391. The van der Waals surface area contributed by atoms with Gasteiger partial charge in [0, 0.05) is 7.05 Å². The highest BCUT2D eigenvalue weighted by Crippen LogP contribution is 2.11. The Hall–Kier alpha value is -1.07. The maximum absolute atomic E-state index is 12.9. The molecule has 0 amide bonds. The normalized spacial score (nSPS) is 15.5. The van der Waals surface area contributed by atoms with Crippen LogP contribution >= 0.6 is 11.6 Å². The Kier molecular flexibility index (Phi) is 5.96. The van der Waals surface area contributed by atoms with Crippen molar-refractivity contribution in [2.45, 2.75) is 20.1 Å². The number of halogens is 2. The Morgan fingerprint density at radius 1 is 1.73 bits per heavy atom. The largest absolute Gasteiger partial charge is 0.315 e. The van der Waals surface area contributed by atoms with Gasteiger partial charge in [0.15, 0.2) is 6.30 Å². The van der Waals surface area contributed by atoms with E-state index in [1.807, 2.05) is 0 Å². The number of nitrogens with zero attached hydrogens (tertiary/aromatic N) is 2. The highest BCUT2D eigenvalue weighted by atomic mass is 35.5. The van der Waals surface area contributed by atoms with Crippen LogP contribution in [-0.4, -0.2) is 24.2 Å². The number of alkyl halides is 1. The first-order valence-electron chi connectivity index (χ1n) is 4.35. The lowest BCUT2D eigenvalue weighted by Crippen LogP contribution is -2.45. The van der Waals surface area contributed by atoms with E-state index >= 15 is 0 Å². The van der Waals surface area contributed by atoms with Crippen LogP contribution in [0, 0.1) is 0 Å². The van der Waals surface area contributed by atoms with Crippen LogP contribution in [0.5, 0.6) is 0 Å². The van der Waals surface area contributed by atoms with E-state index in [2.05, 4.69) is 17.0 Å². The van der Waals surface area contributed by atoms with Crippen molar-refractivity contribution < 1.29 is 4.39 Å². The molecule has 3 N–H and O–H groups in total. The minimum absolute atomic E-state index is 0.197. The summed E-state index contributed by atoms with van der Waals surface area (Å²) in [7, 11) is 1.53. The van der Waals surface area contributed by atoms with Crippen LogP contribution in [0.1, 0.15) is 13.8 Å². The second-order valence-electron chi connectivity index (χ2n) is 2.90. The Bertz CT molecular complexity index is 286. The van der Waals surface area contributed by atoms with Gasteiger partial charge in [0.05, 0.1) is 10.7 Å². The number of hydrogen-bond acceptors (Lipinski definition) is 2. The first kappa shape index (κ1) is 13.9. The molecule has 0 rings (SSSR count). The predicted octanol–water partition coefficient (Wildman–Crippen LogP) is 1.71. The Morgan fingerprint density at radius 3 is 2.60 bits per heavy atom. The number of hydrogen-bond donors (Lipinski definition) is 2. The molecule has 86 valence electrons. The number of aliphatic imine (C=N–C) groups is 1. The summed E-state index contributed by atoms with van der Waals surface area (Å²) >= 11 is 5.77. The van der Waals surface area contributed by atoms with E-state index in [9.17, 15) is 4.39 Å². The molecule has 0 aromatic rings. The van der Waals surface area contributed by atoms with Crippen LogP contribution in [0.4, 0.5) is 4.39 Å². The minimum Gasteiger partial charge on any atom is -0.315 e. The summed E-state index contributed by atoms with van der Waals surface area (Å²) in [5.41, 5.74) is 2.81. The number of rotatable bonds is 3. The van der Waals surface area contributed by atoms with E-state index in [4.69, 9.17) is 17.4 Å². The van der Waals surface area contributed by atoms with E-state index < -0.39 is 6.30 Å². The first-order chi connectivity index (χ1) is 6.93. The average Bonchev–Trinajstić information content (AvgIpc) is 2.22. The molecule has 6 heteroatoms. The van der Waals surface area contributed by atoms with Crippen molar-refractivity contribution >= 4 is 17.6 Å². The lowest BCUT2D eigenvalue weighted by Gasteiger charge is -2.21. The Morgan fingerprint density at radius 2 is 2.27 bits per heavy atom. The van der Waals surface area contributed by atoms with Crippen molar-refractivity contribution in [3.8, 4) is 0 Å². The first-order valence-corrected chi connectivity index (χ1v) is 4.72. The third-order valence-corrected chi connectivity index (χ3v) is 2.22. The standard InChI is InChI=1S/C9H16ClFN4/c1-5-8(10)6(2)13-9(14-12)15(4)7(3)11/h5,7H,1,12H2,2-4H3,(H,13,14)/b8-6-. The molecule has 1 atom stereocenters. The second kappa shape index (κ2) is 6.42. The Balaban J connectivity index is 4.97. The number of allylic oxidation sites excluding steroid dienone is 3. The molecule has 0 fully saturated rings. The highest BCUT2D eigenvalue weighted by Gasteiger charge is 2.11. The minimum atomic E-state index is -1.20. The van der Waals surface area contributed by atoms with Crippen molar-refractivity contribution in [2.24, 2.45) is 10.8 Å². The predicted molar refractivity (Wildman–Crippen MR) is 61.8 cm³/mol. The molecule has 0 aliphatic rings. The molecule has 0 aromatic carbocycles. The van der Waals surface area contributed by atoms with Gasteiger partial charge in [0.2, 0.25) is 5.96 Å². The van der Waals surface area contributed by atoms with Crippen molar-refractivity contribution in [1.82, 2.24) is 10.3 Å². The molecule has 0 aromatic heterocycles. The molecule has 0 bridgehead atoms. The number of nitrogens with two attached hydrogens (primary N) is 1. The van der Waals surface area contributed by atoms with Gasteiger partial charge in [-0.1, -0.05) is 18.2 Å². The van der Waals surface area contributed by atoms with Gasteiger partial charge in [-0.25, -0.2) is 15.2 Å². The average molecular weight is 235 g/mol.